The van der Waals surface area contributed by atoms with Gasteiger partial charge in [-0.05, 0) is 44.1 Å². The quantitative estimate of drug-likeness (QED) is 0.725. The van der Waals surface area contributed by atoms with Crippen molar-refractivity contribution in [3.63, 3.8) is 0 Å². The predicted octanol–water partition coefficient (Wildman–Crippen LogP) is 4.51. The molecule has 0 aliphatic carbocycles. The molecule has 1 aromatic heterocycles. The molecule has 3 heterocycles. The normalized spacial score (nSPS) is 18.2. The SMILES string of the molecule is C=C1C=CC(Oc2c(Cl)cc(-n3nc(C(C)C)c(=O)[nH]c3=O)cc2Cl)=C2CCC(C)N12. The number of H-pyrrole nitrogens is 1. The lowest BCUT2D eigenvalue weighted by atomic mass is 10.1. The van der Waals surface area contributed by atoms with Crippen molar-refractivity contribution in [3.8, 4) is 11.4 Å². The van der Waals surface area contributed by atoms with Gasteiger partial charge >= 0.3 is 5.69 Å². The van der Waals surface area contributed by atoms with Crippen molar-refractivity contribution in [2.24, 2.45) is 0 Å². The van der Waals surface area contributed by atoms with Gasteiger partial charge in [-0.1, -0.05) is 43.6 Å². The van der Waals surface area contributed by atoms with Crippen LogP contribution in [-0.2, 0) is 0 Å². The summed E-state index contributed by atoms with van der Waals surface area (Å²) in [5.41, 5.74) is 1.34. The first kappa shape index (κ1) is 21.5. The number of rotatable bonds is 4. The Hall–Kier alpha value is -2.77. The molecule has 2 aromatic rings. The first-order valence-corrected chi connectivity index (χ1v) is 10.7. The van der Waals surface area contributed by atoms with Crippen LogP contribution < -0.4 is 16.0 Å². The summed E-state index contributed by atoms with van der Waals surface area (Å²) in [4.78, 5) is 28.7. The van der Waals surface area contributed by atoms with Gasteiger partial charge in [-0.3, -0.25) is 9.78 Å². The van der Waals surface area contributed by atoms with E-state index in [9.17, 15) is 9.59 Å². The standard InChI is InChI=1S/C22H22Cl2N4O3/c1-11(2)19-21(29)25-22(30)28(26-19)14-9-15(23)20(16(24)10-14)31-18-8-6-13(4)27-12(3)5-7-17(18)27/h6,8-12H,4-5,7H2,1-3H3,(H,25,29,30). The van der Waals surface area contributed by atoms with E-state index in [1.165, 1.54) is 12.1 Å². The number of benzene rings is 1. The molecule has 0 amide bonds. The highest BCUT2D eigenvalue weighted by atomic mass is 35.5. The highest BCUT2D eigenvalue weighted by molar-refractivity contribution is 6.37. The van der Waals surface area contributed by atoms with Crippen LogP contribution in [0.15, 0.2) is 57.6 Å². The van der Waals surface area contributed by atoms with E-state index >= 15 is 0 Å². The maximum absolute atomic E-state index is 12.3. The van der Waals surface area contributed by atoms with Crippen LogP contribution in [0.5, 0.6) is 5.75 Å². The lowest BCUT2D eigenvalue weighted by Crippen LogP contribution is -2.34. The van der Waals surface area contributed by atoms with E-state index in [1.807, 2.05) is 26.0 Å². The predicted molar refractivity (Wildman–Crippen MR) is 121 cm³/mol. The molecule has 9 heteroatoms. The summed E-state index contributed by atoms with van der Waals surface area (Å²) in [6.45, 7) is 9.87. The number of nitrogens with one attached hydrogen (secondary N) is 1. The molecule has 2 aliphatic heterocycles. The molecule has 1 unspecified atom stereocenters. The Morgan fingerprint density at radius 2 is 1.90 bits per heavy atom. The molecule has 162 valence electrons. The molecule has 1 fully saturated rings. The van der Waals surface area contributed by atoms with E-state index in [0.717, 1.165) is 28.9 Å². The zero-order valence-electron chi connectivity index (χ0n) is 17.4. The summed E-state index contributed by atoms with van der Waals surface area (Å²) < 4.78 is 7.18. The molecule has 1 saturated heterocycles. The van der Waals surface area contributed by atoms with Crippen LogP contribution in [0.3, 0.4) is 0 Å². The second-order valence-corrected chi connectivity index (χ2v) is 8.76. The minimum Gasteiger partial charge on any atom is -0.452 e. The van der Waals surface area contributed by atoms with Crippen LogP contribution in [0.2, 0.25) is 10.0 Å². The molecule has 1 atom stereocenters. The molecule has 31 heavy (non-hydrogen) atoms. The smallest absolute Gasteiger partial charge is 0.349 e. The van der Waals surface area contributed by atoms with Crippen LogP contribution in [-0.4, -0.2) is 25.7 Å². The van der Waals surface area contributed by atoms with E-state index in [-0.39, 0.29) is 27.4 Å². The molecule has 0 radical (unpaired) electrons. The zero-order valence-corrected chi connectivity index (χ0v) is 18.9. The van der Waals surface area contributed by atoms with Gasteiger partial charge in [-0.2, -0.15) is 9.78 Å². The molecular formula is C22H22Cl2N4O3. The third-order valence-electron chi connectivity index (χ3n) is 5.39. The van der Waals surface area contributed by atoms with Crippen molar-refractivity contribution in [1.29, 1.82) is 0 Å². The fourth-order valence-electron chi connectivity index (χ4n) is 3.84. The highest BCUT2D eigenvalue weighted by Gasteiger charge is 2.31. The lowest BCUT2D eigenvalue weighted by Gasteiger charge is -2.30. The van der Waals surface area contributed by atoms with Crippen LogP contribution in [0.25, 0.3) is 5.69 Å². The summed E-state index contributed by atoms with van der Waals surface area (Å²) >= 11 is 13.0. The van der Waals surface area contributed by atoms with Gasteiger partial charge in [0.2, 0.25) is 0 Å². The third kappa shape index (κ3) is 3.83. The summed E-state index contributed by atoms with van der Waals surface area (Å²) in [5.74, 6) is 0.782. The molecule has 4 rings (SSSR count). The van der Waals surface area contributed by atoms with Crippen molar-refractivity contribution in [2.75, 3.05) is 0 Å². The topological polar surface area (TPSA) is 80.2 Å². The van der Waals surface area contributed by atoms with E-state index in [4.69, 9.17) is 27.9 Å². The van der Waals surface area contributed by atoms with Gasteiger partial charge in [0.05, 0.1) is 21.4 Å². The second kappa shape index (κ2) is 8.05. The number of hydrogen-bond donors (Lipinski definition) is 1. The molecular weight excluding hydrogens is 439 g/mol. The average molecular weight is 461 g/mol. The van der Waals surface area contributed by atoms with Crippen molar-refractivity contribution in [1.82, 2.24) is 19.7 Å². The minimum absolute atomic E-state index is 0.165. The minimum atomic E-state index is -0.676. The Balaban J connectivity index is 1.74. The Morgan fingerprint density at radius 3 is 2.55 bits per heavy atom. The van der Waals surface area contributed by atoms with Crippen molar-refractivity contribution in [3.05, 3.63) is 84.6 Å². The van der Waals surface area contributed by atoms with E-state index < -0.39 is 11.2 Å². The molecule has 0 bridgehead atoms. The van der Waals surface area contributed by atoms with Gasteiger partial charge in [-0.25, -0.2) is 4.79 Å². The van der Waals surface area contributed by atoms with Gasteiger partial charge in [0.15, 0.2) is 5.75 Å². The number of halogens is 2. The van der Waals surface area contributed by atoms with Crippen LogP contribution >= 0.6 is 23.2 Å². The first-order valence-electron chi connectivity index (χ1n) is 9.97. The molecule has 7 nitrogen and oxygen atoms in total. The molecule has 0 spiro atoms. The lowest BCUT2D eigenvalue weighted by molar-refractivity contribution is 0.355. The summed E-state index contributed by atoms with van der Waals surface area (Å²) in [6, 6.07) is 3.41. The number of aromatic amines is 1. The van der Waals surface area contributed by atoms with Gasteiger partial charge in [0, 0.05) is 17.7 Å². The van der Waals surface area contributed by atoms with Crippen LogP contribution in [0, 0.1) is 0 Å². The maximum atomic E-state index is 12.3. The number of nitrogens with zero attached hydrogens (tertiary/aromatic N) is 3. The van der Waals surface area contributed by atoms with Gasteiger partial charge in [0.25, 0.3) is 5.56 Å². The monoisotopic (exact) mass is 460 g/mol. The Kier molecular flexibility index (Phi) is 5.58. The number of ether oxygens (including phenoxy) is 1. The Morgan fingerprint density at radius 1 is 1.23 bits per heavy atom. The zero-order chi connectivity index (χ0) is 22.4. The van der Waals surface area contributed by atoms with E-state index in [0.29, 0.717) is 17.5 Å². The number of hydrogen-bond acceptors (Lipinski definition) is 5. The van der Waals surface area contributed by atoms with Gasteiger partial charge in [0.1, 0.15) is 11.5 Å². The number of aromatic nitrogens is 3. The Bertz CT molecular complexity index is 1230. The number of allylic oxidation sites excluding steroid dienone is 3. The van der Waals surface area contributed by atoms with Crippen molar-refractivity contribution in [2.45, 2.75) is 45.6 Å². The molecule has 1 N–H and O–H groups in total. The molecule has 0 saturated carbocycles. The van der Waals surface area contributed by atoms with E-state index in [1.54, 1.807) is 0 Å². The van der Waals surface area contributed by atoms with Crippen LogP contribution in [0.1, 0.15) is 45.2 Å². The fourth-order valence-corrected chi connectivity index (χ4v) is 4.40. The van der Waals surface area contributed by atoms with Crippen molar-refractivity contribution < 1.29 is 4.74 Å². The second-order valence-electron chi connectivity index (χ2n) is 7.94. The summed E-state index contributed by atoms with van der Waals surface area (Å²) in [6.07, 6.45) is 5.62. The van der Waals surface area contributed by atoms with Crippen LogP contribution in [0.4, 0.5) is 0 Å². The number of fused-ring (bicyclic) bond motifs is 1. The van der Waals surface area contributed by atoms with Gasteiger partial charge < -0.3 is 9.64 Å². The first-order chi connectivity index (χ1) is 14.7. The summed E-state index contributed by atoms with van der Waals surface area (Å²) in [5, 5.41) is 4.63. The third-order valence-corrected chi connectivity index (χ3v) is 5.95. The van der Waals surface area contributed by atoms with Gasteiger partial charge in [-0.15, -0.1) is 0 Å². The maximum Gasteiger partial charge on any atom is 0.349 e. The molecule has 1 aromatic carbocycles. The van der Waals surface area contributed by atoms with Crippen molar-refractivity contribution >= 4 is 23.2 Å². The largest absolute Gasteiger partial charge is 0.452 e. The summed E-state index contributed by atoms with van der Waals surface area (Å²) in [7, 11) is 0. The fraction of sp³-hybridized carbons (Fsp3) is 0.318. The average Bonchev–Trinajstić information content (AvgIpc) is 3.08. The highest BCUT2D eigenvalue weighted by Crippen LogP contribution is 2.41. The van der Waals surface area contributed by atoms with E-state index in [2.05, 4.69) is 28.5 Å². The Labute approximate surface area is 189 Å². The molecule has 2 aliphatic rings.